The largest absolute Gasteiger partial charge is 0.341 e. The molecule has 1 fully saturated rings. The van der Waals surface area contributed by atoms with E-state index < -0.39 is 16.7 Å². The number of amides is 2. The van der Waals surface area contributed by atoms with Crippen molar-refractivity contribution in [3.8, 4) is 0 Å². The monoisotopic (exact) mass is 329 g/mol. The van der Waals surface area contributed by atoms with Crippen molar-refractivity contribution in [2.45, 2.75) is 11.5 Å². The highest BCUT2D eigenvalue weighted by Crippen LogP contribution is 2.35. The third-order valence-electron chi connectivity index (χ3n) is 3.47. The third-order valence-corrected chi connectivity index (χ3v) is 4.05. The van der Waals surface area contributed by atoms with Crippen molar-refractivity contribution in [3.05, 3.63) is 71.8 Å². The van der Waals surface area contributed by atoms with Gasteiger partial charge < -0.3 is 4.74 Å². The number of hydrogen-bond acceptors (Lipinski definition) is 5. The summed E-state index contributed by atoms with van der Waals surface area (Å²) in [7, 11) is 0. The van der Waals surface area contributed by atoms with Crippen LogP contribution >= 0.6 is 12.6 Å². The Morgan fingerprint density at radius 2 is 1.65 bits per heavy atom. The average molecular weight is 329 g/mol. The predicted octanol–water partition coefficient (Wildman–Crippen LogP) is 2.29. The lowest BCUT2D eigenvalue weighted by molar-refractivity contribution is -0.224. The molecule has 0 radical (unpaired) electrons. The van der Waals surface area contributed by atoms with Gasteiger partial charge in [-0.3, -0.25) is 14.4 Å². The maximum absolute atomic E-state index is 12.7. The molecule has 0 aromatic heterocycles. The molecule has 6 heteroatoms. The molecule has 1 aliphatic rings. The zero-order valence-electron chi connectivity index (χ0n) is 12.2. The van der Waals surface area contributed by atoms with Crippen molar-refractivity contribution in [1.29, 1.82) is 0 Å². The van der Waals surface area contributed by atoms with E-state index in [1.807, 2.05) is 36.4 Å². The first-order valence-corrected chi connectivity index (χ1v) is 7.52. The van der Waals surface area contributed by atoms with Crippen molar-refractivity contribution < 1.29 is 19.2 Å². The minimum absolute atomic E-state index is 0.108. The lowest BCUT2D eigenvalue weighted by Gasteiger charge is -2.36. The van der Waals surface area contributed by atoms with Crippen LogP contribution in [0.4, 0.5) is 0 Å². The van der Waals surface area contributed by atoms with Gasteiger partial charge >= 0.3 is 5.91 Å². The van der Waals surface area contributed by atoms with Gasteiger partial charge in [0, 0.05) is 5.56 Å². The first kappa shape index (κ1) is 15.7. The number of carbonyl (C=O) groups is 2. The van der Waals surface area contributed by atoms with Gasteiger partial charge in [-0.05, 0) is 5.56 Å². The second-order valence-electron chi connectivity index (χ2n) is 5.05. The zero-order chi connectivity index (χ0) is 16.3. The Kier molecular flexibility index (Phi) is 4.47. The minimum atomic E-state index is -1.54. The first-order chi connectivity index (χ1) is 11.1. The number of ether oxygens (including phenoxy) is 1. The summed E-state index contributed by atoms with van der Waals surface area (Å²) in [4.78, 5) is 28.5. The van der Waals surface area contributed by atoms with Crippen LogP contribution in [0.2, 0.25) is 0 Å². The highest BCUT2D eigenvalue weighted by atomic mass is 32.1. The summed E-state index contributed by atoms with van der Waals surface area (Å²) < 4.78 is 5.40. The minimum Gasteiger partial charge on any atom is -0.341 e. The second kappa shape index (κ2) is 6.54. The third kappa shape index (κ3) is 3.14. The molecule has 2 aromatic rings. The Morgan fingerprint density at radius 1 is 1.04 bits per heavy atom. The number of hydrogen-bond donors (Lipinski definition) is 1. The molecule has 1 saturated heterocycles. The van der Waals surface area contributed by atoms with Gasteiger partial charge in [0.15, 0.2) is 0 Å². The lowest BCUT2D eigenvalue weighted by atomic mass is 10.1. The number of hydroxylamine groups is 2. The molecule has 1 heterocycles. The Morgan fingerprint density at radius 3 is 2.30 bits per heavy atom. The molecule has 5 nitrogen and oxygen atoms in total. The summed E-state index contributed by atoms with van der Waals surface area (Å²) in [5, 5.41) is 0.747. The van der Waals surface area contributed by atoms with Gasteiger partial charge in [0.05, 0.1) is 0 Å². The molecule has 0 aliphatic carbocycles. The molecule has 3 rings (SSSR count). The summed E-state index contributed by atoms with van der Waals surface area (Å²) >= 11 is 4.37. The average Bonchev–Trinajstić information content (AvgIpc) is 2.60. The number of imide groups is 1. The fourth-order valence-electron chi connectivity index (χ4n) is 2.25. The zero-order valence-corrected chi connectivity index (χ0v) is 13.1. The first-order valence-electron chi connectivity index (χ1n) is 7.07. The molecular formula is C17H15NO4S. The number of carbonyl (C=O) groups excluding carboxylic acids is 2. The van der Waals surface area contributed by atoms with E-state index in [2.05, 4.69) is 12.6 Å². The second-order valence-corrected chi connectivity index (χ2v) is 5.68. The van der Waals surface area contributed by atoms with Crippen LogP contribution in [-0.2, 0) is 30.7 Å². The Labute approximate surface area is 139 Å². The maximum Gasteiger partial charge on any atom is 0.300 e. The maximum atomic E-state index is 12.7. The highest BCUT2D eigenvalue weighted by Gasteiger charge is 2.48. The molecule has 2 aromatic carbocycles. The van der Waals surface area contributed by atoms with Crippen LogP contribution in [-0.4, -0.2) is 23.5 Å². The summed E-state index contributed by atoms with van der Waals surface area (Å²) in [6.07, 6.45) is 0. The fraction of sp³-hybridized carbons (Fsp3) is 0.176. The molecule has 0 N–H and O–H groups in total. The van der Waals surface area contributed by atoms with E-state index in [9.17, 15) is 9.59 Å². The van der Waals surface area contributed by atoms with Gasteiger partial charge in [-0.2, -0.15) is 0 Å². The Hall–Kier alpha value is -2.15. The molecule has 0 bridgehead atoms. The van der Waals surface area contributed by atoms with Gasteiger partial charge in [0.2, 0.25) is 4.93 Å². The van der Waals surface area contributed by atoms with Gasteiger partial charge in [-0.25, -0.2) is 0 Å². The Balaban J connectivity index is 1.80. The number of morpholine rings is 1. The normalized spacial score (nSPS) is 21.5. The van der Waals surface area contributed by atoms with Crippen LogP contribution in [0.5, 0.6) is 0 Å². The summed E-state index contributed by atoms with van der Waals surface area (Å²) in [6, 6.07) is 18.1. The molecule has 23 heavy (non-hydrogen) atoms. The van der Waals surface area contributed by atoms with Crippen molar-refractivity contribution in [1.82, 2.24) is 5.06 Å². The van der Waals surface area contributed by atoms with E-state index in [4.69, 9.17) is 9.57 Å². The van der Waals surface area contributed by atoms with E-state index in [-0.39, 0.29) is 13.2 Å². The van der Waals surface area contributed by atoms with E-state index in [1.165, 1.54) is 0 Å². The summed E-state index contributed by atoms with van der Waals surface area (Å²) in [6.45, 7) is -0.171. The van der Waals surface area contributed by atoms with Gasteiger partial charge in [-0.1, -0.05) is 60.7 Å². The number of thiol groups is 1. The van der Waals surface area contributed by atoms with Crippen molar-refractivity contribution in [3.63, 3.8) is 0 Å². The van der Waals surface area contributed by atoms with Crippen LogP contribution in [0, 0.1) is 0 Å². The lowest BCUT2D eigenvalue weighted by Crippen LogP contribution is -2.54. The summed E-state index contributed by atoms with van der Waals surface area (Å²) in [5.74, 6) is -1.20. The van der Waals surface area contributed by atoms with Gasteiger partial charge in [0.25, 0.3) is 5.91 Å². The van der Waals surface area contributed by atoms with Gasteiger partial charge in [0.1, 0.15) is 13.2 Å². The molecular weight excluding hydrogens is 314 g/mol. The molecule has 118 valence electrons. The summed E-state index contributed by atoms with van der Waals surface area (Å²) in [5.41, 5.74) is 1.40. The van der Waals surface area contributed by atoms with E-state index >= 15 is 0 Å². The Bertz CT molecular complexity index is 707. The van der Waals surface area contributed by atoms with E-state index in [0.717, 1.165) is 10.6 Å². The van der Waals surface area contributed by atoms with Crippen LogP contribution in [0.25, 0.3) is 0 Å². The quantitative estimate of drug-likeness (QED) is 0.691. The van der Waals surface area contributed by atoms with Crippen LogP contribution in [0.15, 0.2) is 60.7 Å². The fourth-order valence-corrected chi connectivity index (χ4v) is 2.56. The van der Waals surface area contributed by atoms with Crippen LogP contribution in [0.1, 0.15) is 11.1 Å². The van der Waals surface area contributed by atoms with Gasteiger partial charge in [-0.15, -0.1) is 17.7 Å². The molecule has 0 saturated carbocycles. The van der Waals surface area contributed by atoms with Crippen molar-refractivity contribution in [2.75, 3.05) is 6.61 Å². The topological polar surface area (TPSA) is 55.8 Å². The molecule has 1 aliphatic heterocycles. The standard InChI is InChI=1S/C17H15NO4S/c19-15-12-21-17(23,14-9-5-2-6-10-14)16(20)18(15)22-11-13-7-3-1-4-8-13/h1-10,23H,11-12H2. The number of rotatable bonds is 4. The van der Waals surface area contributed by atoms with E-state index in [0.29, 0.717) is 5.56 Å². The molecule has 0 spiro atoms. The SMILES string of the molecule is O=C1COC(S)(c2ccccc2)C(=O)N1OCc1ccccc1. The van der Waals surface area contributed by atoms with Crippen molar-refractivity contribution >= 4 is 24.4 Å². The van der Waals surface area contributed by atoms with Crippen LogP contribution in [0.3, 0.4) is 0 Å². The van der Waals surface area contributed by atoms with Crippen LogP contribution < -0.4 is 0 Å². The highest BCUT2D eigenvalue weighted by molar-refractivity contribution is 7.82. The molecule has 2 amide bonds. The number of nitrogens with zero attached hydrogens (tertiary/aromatic N) is 1. The van der Waals surface area contributed by atoms with E-state index in [1.54, 1.807) is 24.3 Å². The smallest absolute Gasteiger partial charge is 0.300 e. The van der Waals surface area contributed by atoms with Crippen molar-refractivity contribution in [2.24, 2.45) is 0 Å². The molecule has 1 atom stereocenters. The number of benzene rings is 2. The molecule has 1 unspecified atom stereocenters. The predicted molar refractivity (Wildman–Crippen MR) is 86.1 cm³/mol.